The third-order valence-corrected chi connectivity index (χ3v) is 8.71. The van der Waals surface area contributed by atoms with Gasteiger partial charge in [-0.05, 0) is 101 Å². The lowest BCUT2D eigenvalue weighted by Crippen LogP contribution is -2.22. The topological polar surface area (TPSA) is 169 Å². The van der Waals surface area contributed by atoms with Gasteiger partial charge < -0.3 is 29.6 Å². The van der Waals surface area contributed by atoms with Crippen LogP contribution >= 0.6 is 0 Å². The fourth-order valence-corrected chi connectivity index (χ4v) is 4.20. The van der Waals surface area contributed by atoms with Crippen LogP contribution in [-0.4, -0.2) is 39.4 Å². The zero-order chi connectivity index (χ0) is 30.4. The Kier molecular flexibility index (Phi) is 9.83. The summed E-state index contributed by atoms with van der Waals surface area (Å²) in [6.07, 6.45) is 0. The second-order valence-corrected chi connectivity index (χ2v) is 13.7. The molecule has 12 nitrogen and oxygen atoms in total. The van der Waals surface area contributed by atoms with Gasteiger partial charge in [-0.3, -0.25) is 0 Å². The van der Waals surface area contributed by atoms with Crippen molar-refractivity contribution in [1.29, 1.82) is 0 Å². The number of hydrogen-bond acceptors (Lipinski definition) is 8. The van der Waals surface area contributed by atoms with E-state index in [2.05, 4.69) is 21.3 Å². The van der Waals surface area contributed by atoms with Gasteiger partial charge in [0.15, 0.2) is 0 Å². The maximum Gasteiger partial charge on any atom is 0.323 e. The van der Waals surface area contributed by atoms with E-state index in [0.29, 0.717) is 22.7 Å². The number of aryl methyl sites for hydroxylation is 1. The minimum absolute atomic E-state index is 0.125. The lowest BCUT2D eigenvalue weighted by molar-refractivity contribution is 0.261. The number of nitrogens with one attached hydrogen (secondary N) is 4. The number of hydrogen-bond donors (Lipinski definition) is 4. The van der Waals surface area contributed by atoms with Gasteiger partial charge in [-0.1, -0.05) is 6.07 Å². The highest BCUT2D eigenvalue weighted by molar-refractivity contribution is 7.87. The van der Waals surface area contributed by atoms with E-state index in [0.717, 1.165) is 5.56 Å². The van der Waals surface area contributed by atoms with Gasteiger partial charge in [0, 0.05) is 22.7 Å². The van der Waals surface area contributed by atoms with E-state index in [1.807, 2.05) is 0 Å². The highest BCUT2D eigenvalue weighted by Gasteiger charge is 2.19. The summed E-state index contributed by atoms with van der Waals surface area (Å²) in [7, 11) is -7.46. The fourth-order valence-electron chi connectivity index (χ4n) is 3.06. The van der Waals surface area contributed by atoms with E-state index in [1.165, 1.54) is 76.2 Å². The minimum Gasteiger partial charge on any atom is -0.382 e. The summed E-state index contributed by atoms with van der Waals surface area (Å²) in [5, 5.41) is 9.26. The number of amides is 4. The highest BCUT2D eigenvalue weighted by atomic mass is 32.2. The van der Waals surface area contributed by atoms with Crippen LogP contribution in [0.25, 0.3) is 0 Å². The molecular weight excluding hydrogens is 572 g/mol. The second kappa shape index (κ2) is 12.9. The molecule has 0 unspecified atom stereocenters. The fraction of sp³-hybridized carbons (Fsp3) is 0.259. The SMILES string of the molecule is Cc1ccc(NC(=O)Nc2ccc(OS(=O)(=O)C(C)C)cc2)cc1NC(=O)Nc1ccc(OS(=O)(=O)C(C)C)cc1. The molecule has 0 aliphatic carbocycles. The Labute approximate surface area is 239 Å². The predicted octanol–water partition coefficient (Wildman–Crippen LogP) is 5.52. The molecule has 4 amide bonds. The molecule has 41 heavy (non-hydrogen) atoms. The molecule has 0 fully saturated rings. The average Bonchev–Trinajstić information content (AvgIpc) is 2.88. The van der Waals surface area contributed by atoms with Crippen LogP contribution in [0.2, 0.25) is 0 Å². The third-order valence-electron chi connectivity index (χ3n) is 5.55. The summed E-state index contributed by atoms with van der Waals surface area (Å²) in [5.74, 6) is 0.251. The molecular formula is C27H32N4O8S2. The van der Waals surface area contributed by atoms with Crippen LogP contribution < -0.4 is 29.6 Å². The van der Waals surface area contributed by atoms with Crippen LogP contribution in [0, 0.1) is 6.92 Å². The number of anilines is 4. The summed E-state index contributed by atoms with van der Waals surface area (Å²) in [6, 6.07) is 15.6. The van der Waals surface area contributed by atoms with Crippen LogP contribution in [0.3, 0.4) is 0 Å². The molecule has 220 valence electrons. The van der Waals surface area contributed by atoms with Crippen molar-refractivity contribution in [2.75, 3.05) is 21.3 Å². The number of carbonyl (C=O) groups is 2. The molecule has 0 saturated carbocycles. The second-order valence-electron chi connectivity index (χ2n) is 9.49. The number of urea groups is 2. The quantitative estimate of drug-likeness (QED) is 0.219. The van der Waals surface area contributed by atoms with Gasteiger partial charge in [0.2, 0.25) is 0 Å². The molecule has 0 aliphatic rings. The van der Waals surface area contributed by atoms with E-state index in [4.69, 9.17) is 8.37 Å². The van der Waals surface area contributed by atoms with Crippen molar-refractivity contribution < 1.29 is 34.8 Å². The summed E-state index contributed by atoms with van der Waals surface area (Å²) in [4.78, 5) is 25.1. The van der Waals surface area contributed by atoms with Gasteiger partial charge in [-0.25, -0.2) is 9.59 Å². The van der Waals surface area contributed by atoms with Crippen LogP contribution in [-0.2, 0) is 20.2 Å². The first-order valence-electron chi connectivity index (χ1n) is 12.5. The van der Waals surface area contributed by atoms with Crippen LogP contribution in [0.1, 0.15) is 33.3 Å². The predicted molar refractivity (Wildman–Crippen MR) is 159 cm³/mol. The molecule has 0 aliphatic heterocycles. The Morgan fingerprint density at radius 1 is 0.585 bits per heavy atom. The van der Waals surface area contributed by atoms with E-state index < -0.39 is 42.8 Å². The third kappa shape index (κ3) is 9.11. The summed E-state index contributed by atoms with van der Waals surface area (Å²) >= 11 is 0. The molecule has 0 saturated heterocycles. The van der Waals surface area contributed by atoms with Crippen molar-refractivity contribution >= 4 is 55.0 Å². The number of carbonyl (C=O) groups excluding carboxylic acids is 2. The van der Waals surface area contributed by atoms with E-state index >= 15 is 0 Å². The Hall–Kier alpha value is -4.30. The highest BCUT2D eigenvalue weighted by Crippen LogP contribution is 2.23. The Morgan fingerprint density at radius 3 is 1.37 bits per heavy atom. The van der Waals surface area contributed by atoms with Crippen molar-refractivity contribution in [2.45, 2.75) is 45.1 Å². The van der Waals surface area contributed by atoms with Crippen molar-refractivity contribution in [1.82, 2.24) is 0 Å². The molecule has 3 aromatic rings. The monoisotopic (exact) mass is 604 g/mol. The number of rotatable bonds is 10. The van der Waals surface area contributed by atoms with Crippen molar-refractivity contribution in [3.8, 4) is 11.5 Å². The molecule has 4 N–H and O–H groups in total. The van der Waals surface area contributed by atoms with Gasteiger partial charge >= 0.3 is 32.3 Å². The largest absolute Gasteiger partial charge is 0.382 e. The van der Waals surface area contributed by atoms with Gasteiger partial charge in [-0.15, -0.1) is 0 Å². The summed E-state index contributed by atoms with van der Waals surface area (Å²) < 4.78 is 57.6. The van der Waals surface area contributed by atoms with E-state index in [9.17, 15) is 26.4 Å². The van der Waals surface area contributed by atoms with Crippen molar-refractivity contribution in [2.24, 2.45) is 0 Å². The molecule has 14 heteroatoms. The minimum atomic E-state index is -3.73. The van der Waals surface area contributed by atoms with Crippen molar-refractivity contribution in [3.63, 3.8) is 0 Å². The van der Waals surface area contributed by atoms with E-state index in [-0.39, 0.29) is 11.5 Å². The zero-order valence-electron chi connectivity index (χ0n) is 23.1. The molecule has 0 bridgehead atoms. The van der Waals surface area contributed by atoms with Gasteiger partial charge in [0.25, 0.3) is 0 Å². The molecule has 0 aromatic heterocycles. The van der Waals surface area contributed by atoms with Crippen LogP contribution in [0.15, 0.2) is 66.7 Å². The molecule has 0 heterocycles. The zero-order valence-corrected chi connectivity index (χ0v) is 24.7. The number of benzene rings is 3. The Balaban J connectivity index is 1.57. The average molecular weight is 605 g/mol. The maximum atomic E-state index is 12.6. The first kappa shape index (κ1) is 31.2. The Morgan fingerprint density at radius 2 is 0.951 bits per heavy atom. The van der Waals surface area contributed by atoms with Crippen molar-refractivity contribution in [3.05, 3.63) is 72.3 Å². The molecule has 3 aromatic carbocycles. The first-order chi connectivity index (χ1) is 19.1. The lowest BCUT2D eigenvalue weighted by Gasteiger charge is -2.14. The van der Waals surface area contributed by atoms with Crippen LogP contribution in [0.5, 0.6) is 11.5 Å². The Bertz CT molecular complexity index is 1600. The standard InChI is InChI=1S/C27H32N4O8S2/c1-17(2)40(34,35)38-23-12-8-20(9-13-23)28-26(32)30-22-7-6-19(5)25(16-22)31-27(33)29-21-10-14-24(15-11-21)39-41(36,37)18(3)4/h6-18H,1-5H3,(H2,28,30,32)(H2,29,31,33). The van der Waals surface area contributed by atoms with Gasteiger partial charge in [0.1, 0.15) is 11.5 Å². The van der Waals surface area contributed by atoms with E-state index in [1.54, 1.807) is 25.1 Å². The molecule has 0 spiro atoms. The lowest BCUT2D eigenvalue weighted by atomic mass is 10.2. The smallest absolute Gasteiger partial charge is 0.323 e. The molecule has 0 atom stereocenters. The normalized spacial score (nSPS) is 11.6. The van der Waals surface area contributed by atoms with Crippen LogP contribution in [0.4, 0.5) is 32.3 Å². The molecule has 3 rings (SSSR count). The summed E-state index contributed by atoms with van der Waals surface area (Å²) in [6.45, 7) is 7.82. The maximum absolute atomic E-state index is 12.6. The summed E-state index contributed by atoms with van der Waals surface area (Å²) in [5.41, 5.74) is 2.39. The first-order valence-corrected chi connectivity index (χ1v) is 15.4. The molecule has 0 radical (unpaired) electrons. The van der Waals surface area contributed by atoms with Gasteiger partial charge in [-0.2, -0.15) is 16.8 Å². The van der Waals surface area contributed by atoms with Gasteiger partial charge in [0.05, 0.1) is 10.5 Å².